The molecule has 11 nitrogen and oxygen atoms in total. The molecule has 214 valence electrons. The van der Waals surface area contributed by atoms with Crippen LogP contribution in [-0.2, 0) is 9.53 Å². The third-order valence-corrected chi connectivity index (χ3v) is 8.45. The van der Waals surface area contributed by atoms with Crippen LogP contribution in [0.4, 0.5) is 11.5 Å². The Balaban J connectivity index is 1.31. The highest BCUT2D eigenvalue weighted by atomic mass is 16.5. The second kappa shape index (κ2) is 10.9. The lowest BCUT2D eigenvalue weighted by Gasteiger charge is -2.43. The number of fused-ring (bicyclic) bond motifs is 1. The van der Waals surface area contributed by atoms with Gasteiger partial charge in [-0.3, -0.25) is 4.79 Å². The van der Waals surface area contributed by atoms with E-state index in [1.807, 2.05) is 20.2 Å². The molecule has 5 aromatic rings. The maximum atomic E-state index is 12.3. The van der Waals surface area contributed by atoms with Gasteiger partial charge >= 0.3 is 0 Å². The number of anilines is 2. The van der Waals surface area contributed by atoms with Gasteiger partial charge in [0.1, 0.15) is 11.8 Å². The lowest BCUT2D eigenvalue weighted by atomic mass is 10.0. The third-order valence-electron chi connectivity index (χ3n) is 8.45. The van der Waals surface area contributed by atoms with Gasteiger partial charge in [-0.25, -0.2) is 14.2 Å². The van der Waals surface area contributed by atoms with E-state index in [0.29, 0.717) is 32.1 Å². The molecule has 2 aromatic carbocycles. The molecule has 5 heterocycles. The van der Waals surface area contributed by atoms with Crippen LogP contribution in [0.15, 0.2) is 73.2 Å². The average Bonchev–Trinajstić information content (AvgIpc) is 3.68. The number of hydrogen-bond donors (Lipinski definition) is 1. The van der Waals surface area contributed by atoms with Gasteiger partial charge in [-0.05, 0) is 36.6 Å². The van der Waals surface area contributed by atoms with E-state index >= 15 is 0 Å². The van der Waals surface area contributed by atoms with Gasteiger partial charge in [-0.15, -0.1) is 5.10 Å². The Bertz CT molecular complexity index is 1730. The molecule has 2 saturated heterocycles. The van der Waals surface area contributed by atoms with E-state index < -0.39 is 0 Å². The Morgan fingerprint density at radius 1 is 1.00 bits per heavy atom. The van der Waals surface area contributed by atoms with Crippen LogP contribution in [0.25, 0.3) is 28.0 Å². The van der Waals surface area contributed by atoms with Crippen molar-refractivity contribution in [1.29, 1.82) is 0 Å². The van der Waals surface area contributed by atoms with Gasteiger partial charge in [0.05, 0.1) is 29.7 Å². The van der Waals surface area contributed by atoms with Crippen LogP contribution in [0, 0.1) is 0 Å². The van der Waals surface area contributed by atoms with E-state index in [9.17, 15) is 4.79 Å². The van der Waals surface area contributed by atoms with Crippen LogP contribution in [0.5, 0.6) is 0 Å². The summed E-state index contributed by atoms with van der Waals surface area (Å²) in [5, 5.41) is 13.3. The number of nitrogen functional groups attached to an aromatic ring is 1. The van der Waals surface area contributed by atoms with Crippen LogP contribution in [-0.4, -0.2) is 73.2 Å². The zero-order valence-corrected chi connectivity index (χ0v) is 23.5. The van der Waals surface area contributed by atoms with E-state index in [2.05, 4.69) is 79.9 Å². The number of piperazine rings is 1. The number of carbonyl (C=O) groups excluding carboxylic acids is 1. The molecule has 2 aliphatic rings. The summed E-state index contributed by atoms with van der Waals surface area (Å²) in [6, 6.07) is 21.2. The Morgan fingerprint density at radius 2 is 1.83 bits per heavy atom. The number of ether oxygens (including phenoxy) is 1. The molecule has 7 rings (SSSR count). The van der Waals surface area contributed by atoms with E-state index in [-0.39, 0.29) is 18.0 Å². The summed E-state index contributed by atoms with van der Waals surface area (Å²) < 4.78 is 9.43. The first-order chi connectivity index (χ1) is 20.6. The van der Waals surface area contributed by atoms with Crippen molar-refractivity contribution in [3.05, 3.63) is 78.8 Å². The summed E-state index contributed by atoms with van der Waals surface area (Å²) in [5.74, 6) is 0.495. The summed E-state index contributed by atoms with van der Waals surface area (Å²) in [4.78, 5) is 20.9. The van der Waals surface area contributed by atoms with Crippen LogP contribution in [0.3, 0.4) is 0 Å². The average molecular weight is 564 g/mol. The van der Waals surface area contributed by atoms with Gasteiger partial charge in [-0.1, -0.05) is 47.7 Å². The number of nitrogens with two attached hydrogens (primary N) is 1. The van der Waals surface area contributed by atoms with Crippen molar-refractivity contribution in [3.8, 4) is 22.5 Å². The highest BCUT2D eigenvalue weighted by Gasteiger charge is 2.30. The predicted molar refractivity (Wildman–Crippen MR) is 160 cm³/mol. The highest BCUT2D eigenvalue weighted by molar-refractivity contribution is 5.91. The first kappa shape index (κ1) is 26.1. The molecule has 1 amide bonds. The monoisotopic (exact) mass is 563 g/mol. The molecule has 0 saturated carbocycles. The summed E-state index contributed by atoms with van der Waals surface area (Å²) in [5.41, 5.74) is 13.1. The largest absolute Gasteiger partial charge is 0.382 e. The fourth-order valence-electron chi connectivity index (χ4n) is 6.29. The summed E-state index contributed by atoms with van der Waals surface area (Å²) in [7, 11) is 0. The van der Waals surface area contributed by atoms with E-state index in [0.717, 1.165) is 53.1 Å². The highest BCUT2D eigenvalue weighted by Crippen LogP contribution is 2.38. The number of aromatic nitrogens is 6. The summed E-state index contributed by atoms with van der Waals surface area (Å²) in [6.07, 6.45) is 5.03. The fraction of sp³-hybridized carbons (Fsp3) is 0.323. The first-order valence-electron chi connectivity index (χ1n) is 14.4. The molecular weight excluding hydrogens is 530 g/mol. The van der Waals surface area contributed by atoms with Crippen molar-refractivity contribution in [2.24, 2.45) is 0 Å². The molecule has 11 heteroatoms. The van der Waals surface area contributed by atoms with E-state index in [4.69, 9.17) is 10.5 Å². The normalized spacial score (nSPS) is 18.1. The number of rotatable bonds is 5. The molecule has 0 bridgehead atoms. The van der Waals surface area contributed by atoms with Crippen molar-refractivity contribution in [3.63, 3.8) is 0 Å². The zero-order chi connectivity index (χ0) is 28.6. The minimum absolute atomic E-state index is 0.0385. The summed E-state index contributed by atoms with van der Waals surface area (Å²) >= 11 is 0. The van der Waals surface area contributed by atoms with Gasteiger partial charge in [0.25, 0.3) is 0 Å². The third kappa shape index (κ3) is 4.65. The van der Waals surface area contributed by atoms with Crippen molar-refractivity contribution in [2.45, 2.75) is 31.8 Å². The van der Waals surface area contributed by atoms with Gasteiger partial charge in [0.15, 0.2) is 5.82 Å². The number of amides is 1. The second-order valence-electron chi connectivity index (χ2n) is 10.9. The van der Waals surface area contributed by atoms with Gasteiger partial charge in [0.2, 0.25) is 5.91 Å². The zero-order valence-electron chi connectivity index (χ0n) is 23.5. The maximum Gasteiger partial charge on any atom is 0.219 e. The molecule has 0 radical (unpaired) electrons. The first-order valence-corrected chi connectivity index (χ1v) is 14.4. The standard InChI is InChI=1S/C31H33N9O2/c1-21(41)37-12-13-38(29(19-37)22-6-3-2-4-7-22)25-9-5-8-23(16-25)27-17-26(30-31(32)33-20-35-40(27)30)28-18-34-36-39(28)24-10-14-42-15-11-24/h2-9,16-18,20,24,29H,10-15,19H2,1H3,(H2,32,33,35). The van der Waals surface area contributed by atoms with Crippen LogP contribution >= 0.6 is 0 Å². The van der Waals surface area contributed by atoms with Gasteiger partial charge in [-0.2, -0.15) is 5.10 Å². The Kier molecular flexibility index (Phi) is 6.79. The number of hydrogen-bond acceptors (Lipinski definition) is 8. The second-order valence-corrected chi connectivity index (χ2v) is 10.9. The van der Waals surface area contributed by atoms with Crippen molar-refractivity contribution in [2.75, 3.05) is 43.5 Å². The molecule has 42 heavy (non-hydrogen) atoms. The number of nitrogens with zero attached hydrogens (tertiary/aromatic N) is 8. The van der Waals surface area contributed by atoms with Crippen LogP contribution in [0.1, 0.15) is 37.4 Å². The van der Waals surface area contributed by atoms with E-state index in [1.54, 1.807) is 13.1 Å². The van der Waals surface area contributed by atoms with Crippen molar-refractivity contribution in [1.82, 2.24) is 34.5 Å². The molecular formula is C31H33N9O2. The van der Waals surface area contributed by atoms with Gasteiger partial charge < -0.3 is 20.3 Å². The predicted octanol–water partition coefficient (Wildman–Crippen LogP) is 4.00. The Labute approximate surface area is 243 Å². The molecule has 3 aromatic heterocycles. The molecule has 2 fully saturated rings. The molecule has 0 spiro atoms. The van der Waals surface area contributed by atoms with E-state index in [1.165, 1.54) is 11.9 Å². The SMILES string of the molecule is CC(=O)N1CCN(c2cccc(-c3cc(-c4cnnn4C4CCOCC4)c4c(N)ncnn34)c2)C(c2ccccc2)C1. The maximum absolute atomic E-state index is 12.3. The van der Waals surface area contributed by atoms with Crippen LogP contribution in [0.2, 0.25) is 0 Å². The minimum atomic E-state index is 0.0385. The van der Waals surface area contributed by atoms with Crippen LogP contribution < -0.4 is 10.6 Å². The molecule has 2 N–H and O–H groups in total. The number of carbonyl (C=O) groups is 1. The lowest BCUT2D eigenvalue weighted by Crippen LogP contribution is -2.50. The smallest absolute Gasteiger partial charge is 0.219 e. The number of benzene rings is 2. The lowest BCUT2D eigenvalue weighted by molar-refractivity contribution is -0.129. The topological polar surface area (TPSA) is 120 Å². The minimum Gasteiger partial charge on any atom is -0.382 e. The Hall–Kier alpha value is -4.77. The van der Waals surface area contributed by atoms with Crippen molar-refractivity contribution < 1.29 is 9.53 Å². The quantitative estimate of drug-likeness (QED) is 0.341. The van der Waals surface area contributed by atoms with Crippen molar-refractivity contribution >= 4 is 22.9 Å². The summed E-state index contributed by atoms with van der Waals surface area (Å²) in [6.45, 7) is 5.09. The molecule has 0 aliphatic carbocycles. The molecule has 1 atom stereocenters. The fourth-order valence-corrected chi connectivity index (χ4v) is 6.29. The van der Waals surface area contributed by atoms with Gasteiger partial charge in [0, 0.05) is 56.6 Å². The molecule has 2 aliphatic heterocycles. The molecule has 1 unspecified atom stereocenters. The Morgan fingerprint density at radius 3 is 2.64 bits per heavy atom.